The van der Waals surface area contributed by atoms with Crippen LogP contribution in [-0.2, 0) is 0 Å². The Labute approximate surface area is 225 Å². The Morgan fingerprint density at radius 2 is 1.97 bits per heavy atom. The number of rotatable bonds is 4. The van der Waals surface area contributed by atoms with Crippen LogP contribution in [0.2, 0.25) is 0 Å². The number of carbonyl (C=O) groups excluding carboxylic acids is 1. The molecule has 0 fully saturated rings. The largest absolute Gasteiger partial charge is 0.494 e. The standard InChI is InChI=1S/C27H35F3N6O3/c1-5-35-18(3)21-13-20(24(38-4)16-31-21)22-14-23(25-32-15-17(2)36(25)34-22)39-12-8-6-7-9-19(33-26(35)37)10-11-27(28,29)30/h13-16,18-19H,5-12H2,1-4H3,(H,33,37)/t18-,19-/m1/s1. The minimum absolute atomic E-state index is 0.169. The van der Waals surface area contributed by atoms with E-state index in [1.807, 2.05) is 32.9 Å². The molecule has 0 aliphatic carbocycles. The number of aromatic nitrogens is 4. The number of halogens is 3. The maximum Gasteiger partial charge on any atom is 0.389 e. The van der Waals surface area contributed by atoms with Crippen LogP contribution in [0, 0.1) is 6.92 Å². The Kier molecular flexibility index (Phi) is 8.81. The molecule has 3 aromatic heterocycles. The molecule has 4 rings (SSSR count). The van der Waals surface area contributed by atoms with Crippen molar-refractivity contribution < 1.29 is 27.4 Å². The van der Waals surface area contributed by atoms with Gasteiger partial charge in [-0.25, -0.2) is 14.3 Å². The Morgan fingerprint density at radius 1 is 1.18 bits per heavy atom. The fourth-order valence-electron chi connectivity index (χ4n) is 4.83. The first-order valence-electron chi connectivity index (χ1n) is 13.3. The van der Waals surface area contributed by atoms with Crippen molar-refractivity contribution in [3.8, 4) is 22.8 Å². The number of hydrogen-bond donors (Lipinski definition) is 1. The molecule has 0 saturated carbocycles. The summed E-state index contributed by atoms with van der Waals surface area (Å²) in [5.41, 5.74) is 3.27. The Balaban J connectivity index is 1.75. The first kappa shape index (κ1) is 28.4. The molecular weight excluding hydrogens is 513 g/mol. The van der Waals surface area contributed by atoms with E-state index in [4.69, 9.17) is 14.6 Å². The van der Waals surface area contributed by atoms with Crippen molar-refractivity contribution >= 4 is 11.7 Å². The summed E-state index contributed by atoms with van der Waals surface area (Å²) in [5, 5.41) is 7.63. The van der Waals surface area contributed by atoms with E-state index in [1.165, 1.54) is 0 Å². The van der Waals surface area contributed by atoms with Gasteiger partial charge in [0.25, 0.3) is 0 Å². The summed E-state index contributed by atoms with van der Waals surface area (Å²) < 4.78 is 52.4. The molecule has 3 aromatic rings. The molecule has 1 aliphatic rings. The van der Waals surface area contributed by atoms with Gasteiger partial charge in [-0.1, -0.05) is 6.42 Å². The average Bonchev–Trinajstić information content (AvgIpc) is 3.28. The van der Waals surface area contributed by atoms with Crippen LogP contribution in [0.1, 0.15) is 69.8 Å². The molecule has 0 spiro atoms. The smallest absolute Gasteiger partial charge is 0.389 e. The van der Waals surface area contributed by atoms with Crippen molar-refractivity contribution in [2.24, 2.45) is 0 Å². The van der Waals surface area contributed by atoms with Gasteiger partial charge in [-0.05, 0) is 52.5 Å². The highest BCUT2D eigenvalue weighted by atomic mass is 19.4. The zero-order chi connectivity index (χ0) is 28.2. The van der Waals surface area contributed by atoms with Crippen LogP contribution in [0.3, 0.4) is 0 Å². The first-order chi connectivity index (χ1) is 18.6. The predicted octanol–water partition coefficient (Wildman–Crippen LogP) is 5.86. The summed E-state index contributed by atoms with van der Waals surface area (Å²) in [4.78, 5) is 23.9. The van der Waals surface area contributed by atoms with E-state index in [1.54, 1.807) is 28.9 Å². The molecule has 9 nitrogen and oxygen atoms in total. The fraction of sp³-hybridized carbons (Fsp3) is 0.556. The van der Waals surface area contributed by atoms with Gasteiger partial charge < -0.3 is 19.7 Å². The monoisotopic (exact) mass is 548 g/mol. The second-order valence-electron chi connectivity index (χ2n) is 9.80. The van der Waals surface area contributed by atoms with Crippen molar-refractivity contribution in [3.63, 3.8) is 0 Å². The topological polar surface area (TPSA) is 93.9 Å². The van der Waals surface area contributed by atoms with Crippen LogP contribution in [0.4, 0.5) is 18.0 Å². The number of nitrogens with one attached hydrogen (secondary N) is 1. The van der Waals surface area contributed by atoms with Crippen molar-refractivity contribution in [3.05, 3.63) is 35.9 Å². The zero-order valence-electron chi connectivity index (χ0n) is 22.7. The maximum atomic E-state index is 13.3. The summed E-state index contributed by atoms with van der Waals surface area (Å²) in [6.45, 7) is 6.32. The molecule has 212 valence electrons. The van der Waals surface area contributed by atoms with Crippen molar-refractivity contribution in [1.29, 1.82) is 0 Å². The Hall–Kier alpha value is -3.57. The lowest BCUT2D eigenvalue weighted by Gasteiger charge is -2.30. The molecule has 39 heavy (non-hydrogen) atoms. The number of amides is 2. The number of nitrogens with zero attached hydrogens (tertiary/aromatic N) is 5. The van der Waals surface area contributed by atoms with Gasteiger partial charge in [-0.3, -0.25) is 4.98 Å². The van der Waals surface area contributed by atoms with Crippen LogP contribution < -0.4 is 14.8 Å². The van der Waals surface area contributed by atoms with Crippen molar-refractivity contribution in [2.75, 3.05) is 20.3 Å². The number of hydrogen-bond acceptors (Lipinski definition) is 6. The van der Waals surface area contributed by atoms with Crippen LogP contribution >= 0.6 is 0 Å². The van der Waals surface area contributed by atoms with Gasteiger partial charge in [0, 0.05) is 30.6 Å². The minimum atomic E-state index is -4.29. The number of fused-ring (bicyclic) bond motifs is 7. The number of pyridine rings is 1. The zero-order valence-corrected chi connectivity index (χ0v) is 22.7. The molecule has 4 bridgehead atoms. The van der Waals surface area contributed by atoms with E-state index in [9.17, 15) is 18.0 Å². The summed E-state index contributed by atoms with van der Waals surface area (Å²) in [6, 6.07) is 2.17. The van der Waals surface area contributed by atoms with Gasteiger partial charge >= 0.3 is 12.2 Å². The summed E-state index contributed by atoms with van der Waals surface area (Å²) >= 11 is 0. The van der Waals surface area contributed by atoms with E-state index in [2.05, 4.69) is 15.3 Å². The number of ether oxygens (including phenoxy) is 2. The fourth-order valence-corrected chi connectivity index (χ4v) is 4.83. The Bertz CT molecular complexity index is 1300. The van der Waals surface area contributed by atoms with Gasteiger partial charge in [0.2, 0.25) is 0 Å². The van der Waals surface area contributed by atoms with Crippen LogP contribution in [0.25, 0.3) is 16.9 Å². The van der Waals surface area contributed by atoms with Crippen LogP contribution in [0.5, 0.6) is 11.5 Å². The third kappa shape index (κ3) is 6.72. The Morgan fingerprint density at radius 3 is 2.69 bits per heavy atom. The number of urea groups is 1. The lowest BCUT2D eigenvalue weighted by molar-refractivity contribution is -0.136. The number of imidazole rings is 1. The van der Waals surface area contributed by atoms with Crippen LogP contribution in [-0.4, -0.2) is 63.0 Å². The summed E-state index contributed by atoms with van der Waals surface area (Å²) in [7, 11) is 1.55. The maximum absolute atomic E-state index is 13.3. The van der Waals surface area contributed by atoms with Crippen LogP contribution in [0.15, 0.2) is 24.5 Å². The van der Waals surface area contributed by atoms with E-state index < -0.39 is 30.7 Å². The van der Waals surface area contributed by atoms with Gasteiger partial charge in [0.1, 0.15) is 5.75 Å². The highest BCUT2D eigenvalue weighted by molar-refractivity contribution is 5.75. The molecule has 1 aliphatic heterocycles. The van der Waals surface area contributed by atoms with Gasteiger partial charge in [0.05, 0.1) is 49.2 Å². The third-order valence-electron chi connectivity index (χ3n) is 7.04. The second kappa shape index (κ2) is 12.1. The molecule has 12 heteroatoms. The highest BCUT2D eigenvalue weighted by Gasteiger charge is 2.30. The van der Waals surface area contributed by atoms with E-state index >= 15 is 0 Å². The van der Waals surface area contributed by atoms with E-state index in [0.29, 0.717) is 66.5 Å². The molecule has 4 heterocycles. The third-order valence-corrected chi connectivity index (χ3v) is 7.04. The number of alkyl halides is 3. The molecule has 0 saturated heterocycles. The lowest BCUT2D eigenvalue weighted by Crippen LogP contribution is -2.46. The van der Waals surface area contributed by atoms with Gasteiger partial charge in [-0.15, -0.1) is 0 Å². The molecule has 0 aromatic carbocycles. The van der Waals surface area contributed by atoms with Crippen molar-refractivity contribution in [2.45, 2.75) is 77.6 Å². The summed E-state index contributed by atoms with van der Waals surface area (Å²) in [5.74, 6) is 1.07. The van der Waals surface area contributed by atoms with E-state index in [-0.39, 0.29) is 6.42 Å². The number of aryl methyl sites for hydroxylation is 1. The highest BCUT2D eigenvalue weighted by Crippen LogP contribution is 2.34. The first-order valence-corrected chi connectivity index (χ1v) is 13.3. The molecule has 0 radical (unpaired) electrons. The number of carbonyl (C=O) groups is 1. The molecule has 2 atom stereocenters. The molecule has 1 N–H and O–H groups in total. The lowest BCUT2D eigenvalue weighted by atomic mass is 10.0. The van der Waals surface area contributed by atoms with Gasteiger partial charge in [-0.2, -0.15) is 18.3 Å². The quantitative estimate of drug-likeness (QED) is 0.439. The average molecular weight is 549 g/mol. The SMILES string of the molecule is CCN1C(=O)N[C@@H](CCC(F)(F)F)CCCCCOc2cc(nn3c(C)cnc23)-c2cc(ncc2OC)[C@H]1C. The second-order valence-corrected chi connectivity index (χ2v) is 9.80. The summed E-state index contributed by atoms with van der Waals surface area (Å²) in [6.07, 6.45) is 0.449. The van der Waals surface area contributed by atoms with E-state index in [0.717, 1.165) is 12.1 Å². The minimum Gasteiger partial charge on any atom is -0.494 e. The molecule has 2 amide bonds. The number of methoxy groups -OCH3 is 1. The van der Waals surface area contributed by atoms with Crippen molar-refractivity contribution in [1.82, 2.24) is 29.8 Å². The van der Waals surface area contributed by atoms with Gasteiger partial charge in [0.15, 0.2) is 11.4 Å². The molecular formula is C27H35F3N6O3. The molecule has 0 unspecified atom stereocenters. The normalized spacial score (nSPS) is 19.4. The predicted molar refractivity (Wildman–Crippen MR) is 140 cm³/mol.